The van der Waals surface area contributed by atoms with Gasteiger partial charge in [0.15, 0.2) is 0 Å². The first kappa shape index (κ1) is 20.6. The Hall–Kier alpha value is -2.08. The Balaban J connectivity index is 1.54. The van der Waals surface area contributed by atoms with Crippen molar-refractivity contribution in [2.75, 3.05) is 26.3 Å². The normalized spacial score (nSPS) is 16.8. The number of hydrogen-bond donors (Lipinski definition) is 0. The molecule has 2 aromatic carbocycles. The number of nitrogens with zero attached hydrogens (tertiary/aromatic N) is 1. The van der Waals surface area contributed by atoms with Crippen LogP contribution in [0.1, 0.15) is 43.7 Å². The van der Waals surface area contributed by atoms with Gasteiger partial charge in [0.05, 0.1) is 18.8 Å². The summed E-state index contributed by atoms with van der Waals surface area (Å²) in [7, 11) is 0. The fraction of sp³-hybridized carbons (Fsp3) is 0.462. The molecule has 0 aliphatic carbocycles. The average Bonchev–Trinajstić information content (AvgIpc) is 2.76. The van der Waals surface area contributed by atoms with Crippen LogP contribution in [0.3, 0.4) is 0 Å². The maximum atomic E-state index is 5.57. The van der Waals surface area contributed by atoms with Crippen LogP contribution in [0.15, 0.2) is 60.7 Å². The largest absolute Gasteiger partial charge is 0.379 e. The van der Waals surface area contributed by atoms with Gasteiger partial charge in [0.2, 0.25) is 0 Å². The second-order valence-corrected chi connectivity index (χ2v) is 7.85. The number of unbranched alkanes of at least 4 members (excludes halogenated alkanes) is 1. The van der Waals surface area contributed by atoms with E-state index in [9.17, 15) is 0 Å². The van der Waals surface area contributed by atoms with E-state index in [1.165, 1.54) is 11.1 Å². The first-order chi connectivity index (χ1) is 13.8. The van der Waals surface area contributed by atoms with E-state index in [1.54, 1.807) is 0 Å². The van der Waals surface area contributed by atoms with Crippen molar-refractivity contribution in [1.82, 2.24) is 4.90 Å². The quantitative estimate of drug-likeness (QED) is 0.469. The molecule has 1 saturated heterocycles. The van der Waals surface area contributed by atoms with Gasteiger partial charge in [-0.25, -0.2) is 0 Å². The minimum Gasteiger partial charge on any atom is -0.379 e. The fourth-order valence-corrected chi connectivity index (χ4v) is 3.92. The van der Waals surface area contributed by atoms with Gasteiger partial charge in [0.25, 0.3) is 0 Å². The van der Waals surface area contributed by atoms with Crippen molar-refractivity contribution in [3.63, 3.8) is 0 Å². The summed E-state index contributed by atoms with van der Waals surface area (Å²) in [4.78, 5) is 2.53. The van der Waals surface area contributed by atoms with E-state index in [4.69, 9.17) is 4.74 Å². The molecule has 0 bridgehead atoms. The highest BCUT2D eigenvalue weighted by Gasteiger charge is 2.30. The molecule has 3 rings (SSSR count). The number of morpholine rings is 1. The van der Waals surface area contributed by atoms with Gasteiger partial charge < -0.3 is 4.74 Å². The summed E-state index contributed by atoms with van der Waals surface area (Å²) in [6, 6.07) is 21.5. The zero-order valence-electron chi connectivity index (χ0n) is 17.2. The lowest BCUT2D eigenvalue weighted by Gasteiger charge is -2.40. The number of rotatable bonds is 8. The van der Waals surface area contributed by atoms with Gasteiger partial charge in [-0.05, 0) is 50.2 Å². The molecule has 1 fully saturated rings. The monoisotopic (exact) mass is 375 g/mol. The number of ether oxygens (including phenoxy) is 1. The summed E-state index contributed by atoms with van der Waals surface area (Å²) >= 11 is 0. The van der Waals surface area contributed by atoms with Gasteiger partial charge in [-0.3, -0.25) is 4.90 Å². The lowest BCUT2D eigenvalue weighted by Crippen LogP contribution is -2.51. The van der Waals surface area contributed by atoms with Crippen molar-refractivity contribution >= 4 is 0 Å². The smallest absolute Gasteiger partial charge is 0.0798 e. The summed E-state index contributed by atoms with van der Waals surface area (Å²) < 4.78 is 5.57. The van der Waals surface area contributed by atoms with Gasteiger partial charge in [0, 0.05) is 19.5 Å². The van der Waals surface area contributed by atoms with Crippen molar-refractivity contribution < 1.29 is 4.74 Å². The summed E-state index contributed by atoms with van der Waals surface area (Å²) in [5, 5.41) is 0. The van der Waals surface area contributed by atoms with E-state index in [1.807, 2.05) is 0 Å². The van der Waals surface area contributed by atoms with Crippen LogP contribution in [0.25, 0.3) is 0 Å². The summed E-state index contributed by atoms with van der Waals surface area (Å²) in [5.74, 6) is 7.17. The Morgan fingerprint density at radius 2 is 1.43 bits per heavy atom. The number of benzene rings is 2. The first-order valence-corrected chi connectivity index (χ1v) is 10.7. The van der Waals surface area contributed by atoms with Gasteiger partial charge in [-0.2, -0.15) is 0 Å². The van der Waals surface area contributed by atoms with E-state index in [2.05, 4.69) is 84.3 Å². The minimum absolute atomic E-state index is 0.0503. The first-order valence-electron chi connectivity index (χ1n) is 10.7. The minimum atomic E-state index is -0.0503. The molecule has 28 heavy (non-hydrogen) atoms. The van der Waals surface area contributed by atoms with E-state index in [-0.39, 0.29) is 5.54 Å². The van der Waals surface area contributed by atoms with Crippen molar-refractivity contribution in [2.45, 2.75) is 51.0 Å². The standard InChI is InChI=1S/C26H33NO/c1-26(27-20-22-28-23-21-27,19-11-17-25-14-7-3-8-15-25)18-10-4-9-16-24-12-5-2-6-13-24/h2-3,5-8,12-15H,4,9,11,16-17,19-23H2,1H3. The zero-order chi connectivity index (χ0) is 19.5. The topological polar surface area (TPSA) is 12.5 Å². The molecule has 0 saturated carbocycles. The summed E-state index contributed by atoms with van der Waals surface area (Å²) in [6.45, 7) is 5.95. The molecule has 148 valence electrons. The van der Waals surface area contributed by atoms with Crippen LogP contribution in [0.4, 0.5) is 0 Å². The lowest BCUT2D eigenvalue weighted by atomic mass is 9.91. The highest BCUT2D eigenvalue weighted by atomic mass is 16.5. The third-order valence-corrected chi connectivity index (χ3v) is 5.65. The maximum Gasteiger partial charge on any atom is 0.0798 e. The molecule has 1 aliphatic heterocycles. The molecule has 0 radical (unpaired) electrons. The van der Waals surface area contributed by atoms with Crippen LogP contribution in [0.5, 0.6) is 0 Å². The van der Waals surface area contributed by atoms with E-state index >= 15 is 0 Å². The zero-order valence-corrected chi connectivity index (χ0v) is 17.2. The van der Waals surface area contributed by atoms with Crippen LogP contribution >= 0.6 is 0 Å². The van der Waals surface area contributed by atoms with Crippen molar-refractivity contribution in [2.24, 2.45) is 0 Å². The molecule has 0 amide bonds. The highest BCUT2D eigenvalue weighted by molar-refractivity contribution is 5.19. The van der Waals surface area contributed by atoms with Gasteiger partial charge in [0.1, 0.15) is 0 Å². The van der Waals surface area contributed by atoms with Crippen molar-refractivity contribution in [1.29, 1.82) is 0 Å². The summed E-state index contributed by atoms with van der Waals surface area (Å²) in [5.41, 5.74) is 2.77. The fourth-order valence-electron chi connectivity index (χ4n) is 3.92. The molecule has 0 aromatic heterocycles. The van der Waals surface area contributed by atoms with Crippen LogP contribution < -0.4 is 0 Å². The molecule has 2 nitrogen and oxygen atoms in total. The molecule has 1 unspecified atom stereocenters. The number of aryl methyl sites for hydroxylation is 2. The predicted molar refractivity (Wildman–Crippen MR) is 117 cm³/mol. The van der Waals surface area contributed by atoms with E-state index in [0.717, 1.165) is 64.8 Å². The molecular weight excluding hydrogens is 342 g/mol. The Morgan fingerprint density at radius 3 is 2.04 bits per heavy atom. The van der Waals surface area contributed by atoms with Gasteiger partial charge in [-0.1, -0.05) is 66.6 Å². The lowest BCUT2D eigenvalue weighted by molar-refractivity contribution is -0.000449. The van der Waals surface area contributed by atoms with Crippen LogP contribution in [-0.4, -0.2) is 36.7 Å². The maximum absolute atomic E-state index is 5.57. The molecule has 0 spiro atoms. The second kappa shape index (κ2) is 11.1. The Morgan fingerprint density at radius 1 is 0.857 bits per heavy atom. The number of hydrogen-bond acceptors (Lipinski definition) is 2. The Bertz CT molecular complexity index is 740. The predicted octanol–water partition coefficient (Wildman–Crippen LogP) is 5.13. The van der Waals surface area contributed by atoms with Crippen LogP contribution in [0.2, 0.25) is 0 Å². The molecular formula is C26H33NO. The SMILES string of the molecule is CC(C#CCCCc1ccccc1)(CCCc1ccccc1)N1CCOCC1. The Kier molecular flexibility index (Phi) is 8.15. The van der Waals surface area contributed by atoms with Crippen LogP contribution in [0, 0.1) is 11.8 Å². The molecule has 2 aromatic rings. The Labute approximate surface area is 170 Å². The third kappa shape index (κ3) is 6.51. The molecule has 1 atom stereocenters. The molecule has 2 heteroatoms. The molecule has 1 aliphatic rings. The molecule has 0 N–H and O–H groups in total. The van der Waals surface area contributed by atoms with Gasteiger partial charge in [-0.15, -0.1) is 5.92 Å². The molecule has 1 heterocycles. The van der Waals surface area contributed by atoms with E-state index < -0.39 is 0 Å². The van der Waals surface area contributed by atoms with Crippen LogP contribution in [-0.2, 0) is 17.6 Å². The third-order valence-electron chi connectivity index (χ3n) is 5.65. The summed E-state index contributed by atoms with van der Waals surface area (Å²) in [6.07, 6.45) is 6.59. The van der Waals surface area contributed by atoms with Crippen molar-refractivity contribution in [3.05, 3.63) is 71.8 Å². The van der Waals surface area contributed by atoms with E-state index in [0.29, 0.717) is 0 Å². The average molecular weight is 376 g/mol. The van der Waals surface area contributed by atoms with Gasteiger partial charge >= 0.3 is 0 Å². The highest BCUT2D eigenvalue weighted by Crippen LogP contribution is 2.23. The van der Waals surface area contributed by atoms with Crippen molar-refractivity contribution in [3.8, 4) is 11.8 Å². The second-order valence-electron chi connectivity index (χ2n) is 7.85.